The summed E-state index contributed by atoms with van der Waals surface area (Å²) in [6, 6.07) is 8.76. The van der Waals surface area contributed by atoms with E-state index in [2.05, 4.69) is 15.5 Å². The van der Waals surface area contributed by atoms with Gasteiger partial charge < -0.3 is 14.6 Å². The molecular weight excluding hydrogens is 374 g/mol. The van der Waals surface area contributed by atoms with Crippen molar-refractivity contribution in [1.29, 1.82) is 0 Å². The summed E-state index contributed by atoms with van der Waals surface area (Å²) in [4.78, 5) is 18.6. The minimum atomic E-state index is -0.251. The van der Waals surface area contributed by atoms with Crippen molar-refractivity contribution < 1.29 is 14.1 Å². The van der Waals surface area contributed by atoms with Gasteiger partial charge in [0.25, 0.3) is 11.8 Å². The van der Waals surface area contributed by atoms with Gasteiger partial charge in [-0.2, -0.15) is 4.98 Å². The molecular formula is C18H18ClN3O3S. The fourth-order valence-corrected chi connectivity index (χ4v) is 3.32. The minimum Gasteiger partial charge on any atom is -0.496 e. The summed E-state index contributed by atoms with van der Waals surface area (Å²) < 4.78 is 10.5. The molecule has 0 atom stereocenters. The number of nitrogens with one attached hydrogen (secondary N) is 1. The quantitative estimate of drug-likeness (QED) is 0.668. The first-order valence-electron chi connectivity index (χ1n) is 8.02. The molecule has 3 rings (SSSR count). The van der Waals surface area contributed by atoms with Crippen molar-refractivity contribution in [1.82, 2.24) is 15.5 Å². The lowest BCUT2D eigenvalue weighted by Crippen LogP contribution is -2.22. The van der Waals surface area contributed by atoms with E-state index in [0.29, 0.717) is 34.6 Å². The van der Waals surface area contributed by atoms with Crippen molar-refractivity contribution >= 4 is 28.8 Å². The fourth-order valence-electron chi connectivity index (χ4n) is 2.28. The van der Waals surface area contributed by atoms with E-state index in [1.807, 2.05) is 26.0 Å². The number of hydrogen-bond donors (Lipinski definition) is 1. The minimum absolute atomic E-state index is 0.207. The van der Waals surface area contributed by atoms with Gasteiger partial charge in [-0.1, -0.05) is 30.6 Å². The number of benzene rings is 1. The molecule has 1 amide bonds. The summed E-state index contributed by atoms with van der Waals surface area (Å²) in [6.07, 6.45) is 0. The summed E-state index contributed by atoms with van der Waals surface area (Å²) in [6.45, 7) is 4.40. The Morgan fingerprint density at radius 3 is 2.85 bits per heavy atom. The molecule has 0 saturated heterocycles. The lowest BCUT2D eigenvalue weighted by atomic mass is 10.2. The average molecular weight is 392 g/mol. The molecule has 1 N–H and O–H groups in total. The number of aromatic nitrogens is 2. The first-order valence-corrected chi connectivity index (χ1v) is 9.21. The monoisotopic (exact) mass is 391 g/mol. The normalized spacial score (nSPS) is 11.0. The highest BCUT2D eigenvalue weighted by molar-refractivity contribution is 7.15. The Morgan fingerprint density at radius 1 is 1.35 bits per heavy atom. The van der Waals surface area contributed by atoms with Crippen LogP contribution >= 0.6 is 22.9 Å². The zero-order valence-corrected chi connectivity index (χ0v) is 16.1. The van der Waals surface area contributed by atoms with Gasteiger partial charge in [-0.05, 0) is 30.3 Å². The van der Waals surface area contributed by atoms with Crippen LogP contribution in [0.5, 0.6) is 5.75 Å². The van der Waals surface area contributed by atoms with Crippen LogP contribution in [0.3, 0.4) is 0 Å². The van der Waals surface area contributed by atoms with Crippen molar-refractivity contribution in [2.45, 2.75) is 26.3 Å². The van der Waals surface area contributed by atoms with E-state index in [1.165, 1.54) is 18.4 Å². The van der Waals surface area contributed by atoms with E-state index >= 15 is 0 Å². The average Bonchev–Trinajstić information content (AvgIpc) is 3.28. The number of methoxy groups -OCH3 is 1. The van der Waals surface area contributed by atoms with Gasteiger partial charge in [0.15, 0.2) is 5.82 Å². The Labute approximate surface area is 160 Å². The molecule has 0 fully saturated rings. The van der Waals surface area contributed by atoms with Crippen molar-refractivity contribution in [2.75, 3.05) is 7.11 Å². The van der Waals surface area contributed by atoms with Gasteiger partial charge in [0, 0.05) is 15.8 Å². The van der Waals surface area contributed by atoms with Crippen molar-refractivity contribution in [2.24, 2.45) is 0 Å². The molecule has 2 heterocycles. The highest BCUT2D eigenvalue weighted by Crippen LogP contribution is 2.28. The van der Waals surface area contributed by atoms with Crippen LogP contribution < -0.4 is 10.1 Å². The van der Waals surface area contributed by atoms with E-state index in [1.54, 1.807) is 18.2 Å². The van der Waals surface area contributed by atoms with Crippen molar-refractivity contribution in [3.63, 3.8) is 0 Å². The zero-order chi connectivity index (χ0) is 18.7. The summed E-state index contributed by atoms with van der Waals surface area (Å²) >= 11 is 7.47. The lowest BCUT2D eigenvalue weighted by molar-refractivity contribution is 0.0948. The molecule has 0 aliphatic heterocycles. The smallest absolute Gasteiger partial charge is 0.268 e. The van der Waals surface area contributed by atoms with Crippen LogP contribution in [0.15, 0.2) is 34.9 Å². The van der Waals surface area contributed by atoms with Crippen LogP contribution in [0.2, 0.25) is 5.02 Å². The van der Waals surface area contributed by atoms with Gasteiger partial charge in [0.1, 0.15) is 5.75 Å². The van der Waals surface area contributed by atoms with Gasteiger partial charge in [0.05, 0.1) is 24.1 Å². The van der Waals surface area contributed by atoms with Gasteiger partial charge in [0.2, 0.25) is 0 Å². The summed E-state index contributed by atoms with van der Waals surface area (Å²) in [5.74, 6) is 1.60. The molecule has 0 saturated carbocycles. The molecule has 0 aliphatic carbocycles. The Kier molecular flexibility index (Phi) is 5.58. The maximum absolute atomic E-state index is 12.4. The lowest BCUT2D eigenvalue weighted by Gasteiger charge is -2.09. The first-order chi connectivity index (χ1) is 12.5. The second-order valence-electron chi connectivity index (χ2n) is 5.91. The predicted octanol–water partition coefficient (Wildman–Crippen LogP) is 4.51. The van der Waals surface area contributed by atoms with Crippen molar-refractivity contribution in [3.8, 4) is 16.5 Å². The zero-order valence-electron chi connectivity index (χ0n) is 14.6. The third-order valence-electron chi connectivity index (χ3n) is 3.66. The molecule has 0 radical (unpaired) electrons. The molecule has 8 heteroatoms. The van der Waals surface area contributed by atoms with E-state index in [9.17, 15) is 4.79 Å². The van der Waals surface area contributed by atoms with Gasteiger partial charge in [-0.3, -0.25) is 4.79 Å². The van der Waals surface area contributed by atoms with Crippen LogP contribution in [0.1, 0.15) is 40.8 Å². The maximum atomic E-state index is 12.4. The number of halogens is 1. The number of rotatable bonds is 6. The van der Waals surface area contributed by atoms with Gasteiger partial charge in [-0.25, -0.2) is 0 Å². The topological polar surface area (TPSA) is 77.2 Å². The van der Waals surface area contributed by atoms with E-state index in [4.69, 9.17) is 20.9 Å². The summed E-state index contributed by atoms with van der Waals surface area (Å²) in [7, 11) is 1.52. The third kappa shape index (κ3) is 4.05. The molecule has 0 aliphatic rings. The molecule has 0 spiro atoms. The Balaban J connectivity index is 1.68. The van der Waals surface area contributed by atoms with E-state index < -0.39 is 0 Å². The molecule has 136 valence electrons. The second kappa shape index (κ2) is 7.88. The number of hydrogen-bond acceptors (Lipinski definition) is 6. The molecule has 3 aromatic rings. The largest absolute Gasteiger partial charge is 0.496 e. The number of amides is 1. The molecule has 26 heavy (non-hydrogen) atoms. The number of nitrogens with zero attached hydrogens (tertiary/aromatic N) is 2. The Morgan fingerprint density at radius 2 is 2.15 bits per heavy atom. The molecule has 6 nitrogen and oxygen atoms in total. The number of thiophene rings is 1. The van der Waals surface area contributed by atoms with Crippen molar-refractivity contribution in [3.05, 3.63) is 51.6 Å². The highest BCUT2D eigenvalue weighted by Gasteiger charge is 2.15. The molecule has 0 unspecified atom stereocenters. The number of carbonyl (C=O) groups excluding carboxylic acids is 1. The third-order valence-corrected chi connectivity index (χ3v) is 4.97. The maximum Gasteiger partial charge on any atom is 0.268 e. The summed E-state index contributed by atoms with van der Waals surface area (Å²) in [5.41, 5.74) is 0.398. The SMILES string of the molecule is COc1ccc(Cl)cc1C(=O)NCc1ccc(-c2nc(C(C)C)no2)s1. The summed E-state index contributed by atoms with van der Waals surface area (Å²) in [5, 5.41) is 7.32. The number of carbonyl (C=O) groups is 1. The molecule has 2 aromatic heterocycles. The van der Waals surface area contributed by atoms with Crippen LogP contribution in [0.4, 0.5) is 0 Å². The number of ether oxygens (including phenoxy) is 1. The van der Waals surface area contributed by atoms with Gasteiger partial charge in [-0.15, -0.1) is 11.3 Å². The highest BCUT2D eigenvalue weighted by atomic mass is 35.5. The predicted molar refractivity (Wildman–Crippen MR) is 101 cm³/mol. The first kappa shape index (κ1) is 18.4. The van der Waals surface area contributed by atoms with Gasteiger partial charge >= 0.3 is 0 Å². The van der Waals surface area contributed by atoms with Crippen LogP contribution in [-0.2, 0) is 6.54 Å². The van der Waals surface area contributed by atoms with E-state index in [0.717, 1.165) is 9.75 Å². The van der Waals surface area contributed by atoms with Crippen LogP contribution in [0, 0.1) is 0 Å². The van der Waals surface area contributed by atoms with E-state index in [-0.39, 0.29) is 11.8 Å². The fraction of sp³-hybridized carbons (Fsp3) is 0.278. The second-order valence-corrected chi connectivity index (χ2v) is 7.51. The molecule has 1 aromatic carbocycles. The Bertz CT molecular complexity index is 920. The molecule has 0 bridgehead atoms. The standard InChI is InChI=1S/C18H18ClN3O3S/c1-10(2)16-21-18(25-22-16)15-7-5-12(26-15)9-20-17(23)13-8-11(19)4-6-14(13)24-3/h4-8,10H,9H2,1-3H3,(H,20,23). The van der Waals surface area contributed by atoms with Crippen LogP contribution in [-0.4, -0.2) is 23.2 Å². The van der Waals surface area contributed by atoms with Crippen LogP contribution in [0.25, 0.3) is 10.8 Å². The Hall–Kier alpha value is -2.38.